The van der Waals surface area contributed by atoms with E-state index in [9.17, 15) is 9.59 Å². The number of aromatic nitrogens is 2. The molecule has 0 aromatic carbocycles. The van der Waals surface area contributed by atoms with Gasteiger partial charge < -0.3 is 15.1 Å². The molecule has 0 bridgehead atoms. The Morgan fingerprint density at radius 1 is 1.62 bits per heavy atom. The van der Waals surface area contributed by atoms with Crippen LogP contribution in [0, 0.1) is 0 Å². The highest BCUT2D eigenvalue weighted by atomic mass is 16.3. The molecule has 0 saturated carbocycles. The largest absolute Gasteiger partial charge is 0.442 e. The number of H-pyrrole nitrogens is 1. The maximum Gasteiger partial charge on any atom is 0.262 e. The Balaban J connectivity index is 2.84. The fourth-order valence-corrected chi connectivity index (χ4v) is 1.01. The molecule has 0 aliphatic heterocycles. The Kier molecular flexibility index (Phi) is 1.42. The molecule has 3 N–H and O–H groups in total. The van der Waals surface area contributed by atoms with Gasteiger partial charge in [-0.2, -0.15) is 4.98 Å². The average molecular weight is 179 g/mol. The van der Waals surface area contributed by atoms with Crippen LogP contribution in [0.3, 0.4) is 0 Å². The van der Waals surface area contributed by atoms with E-state index in [4.69, 9.17) is 10.2 Å². The van der Waals surface area contributed by atoms with Crippen molar-refractivity contribution in [3.8, 4) is 0 Å². The van der Waals surface area contributed by atoms with Crippen molar-refractivity contribution >= 4 is 17.1 Å². The minimum atomic E-state index is -0.792. The molecule has 2 heterocycles. The number of oxazole rings is 1. The maximum absolute atomic E-state index is 11.1. The van der Waals surface area contributed by atoms with Crippen molar-refractivity contribution in [3.63, 3.8) is 0 Å². The number of nitrogens with one attached hydrogen (secondary N) is 1. The zero-order chi connectivity index (χ0) is 9.42. The highest BCUT2D eigenvalue weighted by Crippen LogP contribution is 2.07. The molecule has 0 spiro atoms. The minimum Gasteiger partial charge on any atom is -0.442 e. The van der Waals surface area contributed by atoms with E-state index in [0.29, 0.717) is 11.2 Å². The molecule has 2 rings (SSSR count). The first kappa shape index (κ1) is 7.53. The van der Waals surface area contributed by atoms with Gasteiger partial charge >= 0.3 is 0 Å². The van der Waals surface area contributed by atoms with Crippen molar-refractivity contribution in [1.82, 2.24) is 9.97 Å². The van der Waals surface area contributed by atoms with Crippen molar-refractivity contribution in [2.24, 2.45) is 5.73 Å². The van der Waals surface area contributed by atoms with Crippen molar-refractivity contribution < 1.29 is 9.21 Å². The summed E-state index contributed by atoms with van der Waals surface area (Å²) in [5.41, 5.74) is 4.89. The lowest BCUT2D eigenvalue weighted by molar-refractivity contribution is 0.0999. The van der Waals surface area contributed by atoms with Crippen LogP contribution in [0.15, 0.2) is 21.7 Å². The molecule has 66 valence electrons. The number of amides is 1. The normalized spacial score (nSPS) is 10.5. The molecule has 1 amide bonds. The highest BCUT2D eigenvalue weighted by molar-refractivity contribution is 5.94. The van der Waals surface area contributed by atoms with Gasteiger partial charge in [-0.1, -0.05) is 0 Å². The Labute approximate surface area is 71.4 Å². The zero-order valence-corrected chi connectivity index (χ0v) is 6.40. The summed E-state index contributed by atoms with van der Waals surface area (Å²) in [7, 11) is 0. The zero-order valence-electron chi connectivity index (χ0n) is 6.40. The summed E-state index contributed by atoms with van der Waals surface area (Å²) in [5.74, 6) is -0.792. The molecular weight excluding hydrogens is 174 g/mol. The first-order chi connectivity index (χ1) is 6.18. The van der Waals surface area contributed by atoms with E-state index >= 15 is 0 Å². The van der Waals surface area contributed by atoms with E-state index in [2.05, 4.69) is 9.97 Å². The van der Waals surface area contributed by atoms with Gasteiger partial charge in [-0.15, -0.1) is 0 Å². The van der Waals surface area contributed by atoms with E-state index in [1.807, 2.05) is 0 Å². The van der Waals surface area contributed by atoms with Crippen molar-refractivity contribution in [1.29, 1.82) is 0 Å². The van der Waals surface area contributed by atoms with Crippen LogP contribution < -0.4 is 11.3 Å². The number of nitrogens with two attached hydrogens (primary N) is 1. The SMILES string of the molecule is NC(=O)c1cc2ocnc2[nH]c1=O. The van der Waals surface area contributed by atoms with Crippen LogP contribution in [0.25, 0.3) is 11.2 Å². The lowest BCUT2D eigenvalue weighted by Gasteiger charge is -1.92. The lowest BCUT2D eigenvalue weighted by Crippen LogP contribution is -2.23. The molecule has 0 aliphatic carbocycles. The number of primary amides is 1. The number of fused-ring (bicyclic) bond motifs is 1. The third-order valence-electron chi connectivity index (χ3n) is 1.61. The van der Waals surface area contributed by atoms with Crippen LogP contribution in [0.2, 0.25) is 0 Å². The second-order valence-electron chi connectivity index (χ2n) is 2.44. The van der Waals surface area contributed by atoms with Crippen molar-refractivity contribution in [2.45, 2.75) is 0 Å². The second-order valence-corrected chi connectivity index (χ2v) is 2.44. The van der Waals surface area contributed by atoms with Crippen LogP contribution in [0.5, 0.6) is 0 Å². The van der Waals surface area contributed by atoms with Crippen molar-refractivity contribution in [3.05, 3.63) is 28.4 Å². The minimum absolute atomic E-state index is 0.135. The molecule has 0 saturated heterocycles. The van der Waals surface area contributed by atoms with Gasteiger partial charge in [0.25, 0.3) is 11.5 Å². The molecule has 2 aromatic rings. The summed E-state index contributed by atoms with van der Waals surface area (Å²) in [6, 6.07) is 1.27. The number of rotatable bonds is 1. The van der Waals surface area contributed by atoms with Gasteiger partial charge in [-0.3, -0.25) is 9.59 Å². The van der Waals surface area contributed by atoms with Gasteiger partial charge in [-0.05, 0) is 0 Å². The monoisotopic (exact) mass is 179 g/mol. The number of carbonyl (C=O) groups is 1. The van der Waals surface area contributed by atoms with Gasteiger partial charge in [0.2, 0.25) is 0 Å². The summed E-state index contributed by atoms with van der Waals surface area (Å²) >= 11 is 0. The van der Waals surface area contributed by atoms with E-state index in [1.54, 1.807) is 0 Å². The summed E-state index contributed by atoms with van der Waals surface area (Å²) in [6.07, 6.45) is 1.17. The molecule has 6 heteroatoms. The first-order valence-corrected chi connectivity index (χ1v) is 3.45. The predicted molar refractivity (Wildman–Crippen MR) is 43.1 cm³/mol. The van der Waals surface area contributed by atoms with Crippen LogP contribution >= 0.6 is 0 Å². The number of hydrogen-bond acceptors (Lipinski definition) is 4. The third-order valence-corrected chi connectivity index (χ3v) is 1.61. The number of aromatic amines is 1. The van der Waals surface area contributed by atoms with E-state index in [0.717, 1.165) is 0 Å². The third kappa shape index (κ3) is 1.08. The Morgan fingerprint density at radius 3 is 3.08 bits per heavy atom. The average Bonchev–Trinajstić information content (AvgIpc) is 2.48. The molecule has 2 aromatic heterocycles. The quantitative estimate of drug-likeness (QED) is 0.622. The van der Waals surface area contributed by atoms with Crippen LogP contribution in [0.1, 0.15) is 10.4 Å². The summed E-state index contributed by atoms with van der Waals surface area (Å²) < 4.78 is 4.87. The Hall–Kier alpha value is -2.11. The van der Waals surface area contributed by atoms with E-state index in [-0.39, 0.29) is 5.56 Å². The fraction of sp³-hybridized carbons (Fsp3) is 0. The lowest BCUT2D eigenvalue weighted by atomic mass is 10.2. The Bertz CT molecular complexity index is 525. The number of carbonyl (C=O) groups excluding carboxylic acids is 1. The van der Waals surface area contributed by atoms with Crippen LogP contribution in [0.4, 0.5) is 0 Å². The maximum atomic E-state index is 11.1. The van der Waals surface area contributed by atoms with E-state index in [1.165, 1.54) is 12.5 Å². The number of hydrogen-bond donors (Lipinski definition) is 2. The van der Waals surface area contributed by atoms with Crippen LogP contribution in [-0.4, -0.2) is 15.9 Å². The molecule has 0 unspecified atom stereocenters. The van der Waals surface area contributed by atoms with Gasteiger partial charge in [0.05, 0.1) is 0 Å². The molecule has 0 radical (unpaired) electrons. The summed E-state index contributed by atoms with van der Waals surface area (Å²) in [4.78, 5) is 27.9. The van der Waals surface area contributed by atoms with Gasteiger partial charge in [0, 0.05) is 6.07 Å². The molecule has 0 fully saturated rings. The number of pyridine rings is 1. The fourth-order valence-electron chi connectivity index (χ4n) is 1.01. The van der Waals surface area contributed by atoms with Gasteiger partial charge in [-0.25, -0.2) is 0 Å². The predicted octanol–water partition coefficient (Wildman–Crippen LogP) is -0.385. The van der Waals surface area contributed by atoms with E-state index < -0.39 is 11.5 Å². The topological polar surface area (TPSA) is 102 Å². The van der Waals surface area contributed by atoms with Crippen LogP contribution in [-0.2, 0) is 0 Å². The first-order valence-electron chi connectivity index (χ1n) is 3.45. The second kappa shape index (κ2) is 2.44. The standard InChI is InChI=1S/C7H5N3O3/c8-5(11)3-1-4-6(9-2-13-4)10-7(3)12/h1-2H,(H2,8,11)(H,10,12). The number of nitrogens with zero attached hydrogens (tertiary/aromatic N) is 1. The molecular formula is C7H5N3O3. The smallest absolute Gasteiger partial charge is 0.262 e. The highest BCUT2D eigenvalue weighted by Gasteiger charge is 2.09. The molecule has 0 atom stereocenters. The summed E-state index contributed by atoms with van der Waals surface area (Å²) in [5, 5.41) is 0. The van der Waals surface area contributed by atoms with Crippen molar-refractivity contribution in [2.75, 3.05) is 0 Å². The molecule has 6 nitrogen and oxygen atoms in total. The molecule has 13 heavy (non-hydrogen) atoms. The van der Waals surface area contributed by atoms with Gasteiger partial charge in [0.15, 0.2) is 17.6 Å². The van der Waals surface area contributed by atoms with Gasteiger partial charge in [0.1, 0.15) is 5.56 Å². The molecule has 0 aliphatic rings. The summed E-state index contributed by atoms with van der Waals surface area (Å²) in [6.45, 7) is 0. The Morgan fingerprint density at radius 2 is 2.38 bits per heavy atom.